The van der Waals surface area contributed by atoms with Gasteiger partial charge < -0.3 is 9.64 Å². The van der Waals surface area contributed by atoms with Crippen LogP contribution in [0.15, 0.2) is 18.2 Å². The highest BCUT2D eigenvalue weighted by atomic mass is 19.1. The summed E-state index contributed by atoms with van der Waals surface area (Å²) >= 11 is 0. The van der Waals surface area contributed by atoms with Gasteiger partial charge in [-0.1, -0.05) is 0 Å². The first kappa shape index (κ1) is 16.8. The van der Waals surface area contributed by atoms with Crippen LogP contribution in [-0.2, 0) is 4.74 Å². The lowest BCUT2D eigenvalue weighted by Crippen LogP contribution is -2.68. The fourth-order valence-corrected chi connectivity index (χ4v) is 4.78. The molecule has 5 rings (SSSR count). The van der Waals surface area contributed by atoms with Crippen molar-refractivity contribution < 1.29 is 13.9 Å². The van der Waals surface area contributed by atoms with E-state index in [1.807, 2.05) is 4.90 Å². The van der Waals surface area contributed by atoms with Crippen LogP contribution in [0.1, 0.15) is 41.9 Å². The molecule has 1 aromatic heterocycles. The maximum absolute atomic E-state index is 14.8. The molecule has 1 aliphatic carbocycles. The number of aromatic nitrogens is 4. The molecule has 0 bridgehead atoms. The fourth-order valence-electron chi connectivity index (χ4n) is 4.78. The summed E-state index contributed by atoms with van der Waals surface area (Å²) in [6, 6.07) is 4.80. The lowest BCUT2D eigenvalue weighted by atomic mass is 9.64. The van der Waals surface area contributed by atoms with Crippen molar-refractivity contribution >= 4 is 5.91 Å². The average molecular weight is 371 g/mol. The molecular weight excluding hydrogens is 349 g/mol. The standard InChI is InChI=1S/C19H22FN5O2/c1-12-21-22-23-25(12)14-4-5-15(16(20)10-14)18(26)24-11-19(6-8-27-9-7-19)17(24)13-2-3-13/h4-5,10,13,17H,2-3,6-9,11H2,1H3. The van der Waals surface area contributed by atoms with Crippen LogP contribution in [0, 0.1) is 24.1 Å². The molecule has 3 heterocycles. The van der Waals surface area contributed by atoms with Gasteiger partial charge in [-0.25, -0.2) is 4.39 Å². The number of rotatable bonds is 3. The van der Waals surface area contributed by atoms with Crippen molar-refractivity contribution in [3.05, 3.63) is 35.4 Å². The van der Waals surface area contributed by atoms with Crippen LogP contribution in [0.4, 0.5) is 4.39 Å². The molecular formula is C19H22FN5O2. The number of carbonyl (C=O) groups is 1. The van der Waals surface area contributed by atoms with E-state index in [0.717, 1.165) is 38.9 Å². The third-order valence-electron chi connectivity index (χ3n) is 6.32. The van der Waals surface area contributed by atoms with Gasteiger partial charge >= 0.3 is 0 Å². The van der Waals surface area contributed by atoms with Gasteiger partial charge in [-0.3, -0.25) is 4.79 Å². The number of halogens is 1. The molecule has 1 amide bonds. The Hall–Kier alpha value is -2.35. The van der Waals surface area contributed by atoms with Crippen molar-refractivity contribution in [2.45, 2.75) is 38.6 Å². The zero-order valence-electron chi connectivity index (χ0n) is 15.3. The van der Waals surface area contributed by atoms with Crippen LogP contribution >= 0.6 is 0 Å². The van der Waals surface area contributed by atoms with E-state index in [0.29, 0.717) is 24.0 Å². The van der Waals surface area contributed by atoms with Gasteiger partial charge in [-0.05, 0) is 61.1 Å². The molecule has 1 aromatic carbocycles. The Labute approximate surface area is 156 Å². The summed E-state index contributed by atoms with van der Waals surface area (Å²) in [5.74, 6) is 0.384. The van der Waals surface area contributed by atoms with Gasteiger partial charge in [-0.15, -0.1) is 5.10 Å². The van der Waals surface area contributed by atoms with E-state index in [9.17, 15) is 9.18 Å². The zero-order chi connectivity index (χ0) is 18.6. The van der Waals surface area contributed by atoms with E-state index in [2.05, 4.69) is 15.5 Å². The third kappa shape index (κ3) is 2.65. The van der Waals surface area contributed by atoms with Gasteiger partial charge in [0.1, 0.15) is 5.82 Å². The van der Waals surface area contributed by atoms with Crippen LogP contribution in [0.3, 0.4) is 0 Å². The number of benzene rings is 1. The van der Waals surface area contributed by atoms with E-state index in [4.69, 9.17) is 4.74 Å². The summed E-state index contributed by atoms with van der Waals surface area (Å²) in [7, 11) is 0. The molecule has 27 heavy (non-hydrogen) atoms. The minimum Gasteiger partial charge on any atom is -0.381 e. The zero-order valence-corrected chi connectivity index (χ0v) is 15.3. The Kier molecular flexibility index (Phi) is 3.79. The molecule has 7 nitrogen and oxygen atoms in total. The minimum atomic E-state index is -0.533. The molecule has 3 fully saturated rings. The first-order chi connectivity index (χ1) is 13.1. The van der Waals surface area contributed by atoms with E-state index < -0.39 is 5.82 Å². The number of amides is 1. The van der Waals surface area contributed by atoms with Crippen molar-refractivity contribution in [1.82, 2.24) is 25.1 Å². The molecule has 1 spiro atoms. The predicted octanol–water partition coefficient (Wildman–Crippen LogP) is 2.14. The van der Waals surface area contributed by atoms with E-state index in [1.54, 1.807) is 19.1 Å². The second-order valence-electron chi connectivity index (χ2n) is 7.99. The molecule has 0 radical (unpaired) electrons. The predicted molar refractivity (Wildman–Crippen MR) is 93.9 cm³/mol. The van der Waals surface area contributed by atoms with Crippen LogP contribution in [0.5, 0.6) is 0 Å². The molecule has 2 aromatic rings. The van der Waals surface area contributed by atoms with E-state index in [-0.39, 0.29) is 22.9 Å². The number of tetrazole rings is 1. The second kappa shape index (κ2) is 6.09. The Morgan fingerprint density at radius 1 is 1.30 bits per heavy atom. The highest BCUT2D eigenvalue weighted by molar-refractivity contribution is 5.95. The van der Waals surface area contributed by atoms with Crippen molar-refractivity contribution in [1.29, 1.82) is 0 Å². The van der Waals surface area contributed by atoms with Crippen LogP contribution in [0.2, 0.25) is 0 Å². The van der Waals surface area contributed by atoms with E-state index in [1.165, 1.54) is 10.7 Å². The Bertz CT molecular complexity index is 888. The molecule has 2 saturated heterocycles. The first-order valence-corrected chi connectivity index (χ1v) is 9.53. The maximum atomic E-state index is 14.8. The fraction of sp³-hybridized carbons (Fsp3) is 0.579. The highest BCUT2D eigenvalue weighted by Crippen LogP contribution is 2.55. The lowest BCUT2D eigenvalue weighted by Gasteiger charge is -2.59. The monoisotopic (exact) mass is 371 g/mol. The third-order valence-corrected chi connectivity index (χ3v) is 6.32. The molecule has 1 atom stereocenters. The van der Waals surface area contributed by atoms with Gasteiger partial charge in [0.15, 0.2) is 5.82 Å². The summed E-state index contributed by atoms with van der Waals surface area (Å²) in [6.45, 7) is 3.98. The summed E-state index contributed by atoms with van der Waals surface area (Å²) in [4.78, 5) is 15.0. The number of likely N-dealkylation sites (tertiary alicyclic amines) is 1. The molecule has 3 aliphatic rings. The van der Waals surface area contributed by atoms with Crippen molar-refractivity contribution in [2.75, 3.05) is 19.8 Å². The van der Waals surface area contributed by atoms with Gasteiger partial charge in [0.2, 0.25) is 0 Å². The van der Waals surface area contributed by atoms with Gasteiger partial charge in [0.05, 0.1) is 11.3 Å². The maximum Gasteiger partial charge on any atom is 0.257 e. The quantitative estimate of drug-likeness (QED) is 0.827. The normalized spacial score (nSPS) is 24.1. The highest BCUT2D eigenvalue weighted by Gasteiger charge is 2.59. The Balaban J connectivity index is 1.40. The van der Waals surface area contributed by atoms with Crippen LogP contribution in [-0.4, -0.2) is 56.8 Å². The summed E-state index contributed by atoms with van der Waals surface area (Å²) in [5, 5.41) is 11.2. The molecule has 1 unspecified atom stereocenters. The van der Waals surface area contributed by atoms with Gasteiger partial charge in [0.25, 0.3) is 5.91 Å². The van der Waals surface area contributed by atoms with Gasteiger partial charge in [0, 0.05) is 37.3 Å². The number of nitrogens with zero attached hydrogens (tertiary/aromatic N) is 5. The number of ether oxygens (including phenoxy) is 1. The molecule has 8 heteroatoms. The summed E-state index contributed by atoms with van der Waals surface area (Å²) < 4.78 is 21.7. The molecule has 142 valence electrons. The number of hydrogen-bond donors (Lipinski definition) is 0. The number of hydrogen-bond acceptors (Lipinski definition) is 5. The minimum absolute atomic E-state index is 0.122. The largest absolute Gasteiger partial charge is 0.381 e. The van der Waals surface area contributed by atoms with Crippen LogP contribution < -0.4 is 0 Å². The van der Waals surface area contributed by atoms with Crippen molar-refractivity contribution in [3.63, 3.8) is 0 Å². The molecule has 2 aliphatic heterocycles. The Morgan fingerprint density at radius 2 is 2.07 bits per heavy atom. The smallest absolute Gasteiger partial charge is 0.257 e. The first-order valence-electron chi connectivity index (χ1n) is 9.53. The topological polar surface area (TPSA) is 73.1 Å². The molecule has 0 N–H and O–H groups in total. The second-order valence-corrected chi connectivity index (χ2v) is 7.99. The van der Waals surface area contributed by atoms with Crippen LogP contribution in [0.25, 0.3) is 5.69 Å². The number of carbonyl (C=O) groups excluding carboxylic acids is 1. The molecule has 1 saturated carbocycles. The SMILES string of the molecule is Cc1nnnn1-c1ccc(C(=O)N2CC3(CCOCC3)C2C2CC2)c(F)c1. The van der Waals surface area contributed by atoms with Gasteiger partial charge in [-0.2, -0.15) is 4.68 Å². The van der Waals surface area contributed by atoms with Crippen molar-refractivity contribution in [3.8, 4) is 5.69 Å². The number of aryl methyl sites for hydroxylation is 1. The van der Waals surface area contributed by atoms with E-state index >= 15 is 0 Å². The lowest BCUT2D eigenvalue weighted by molar-refractivity contribution is -0.120. The van der Waals surface area contributed by atoms with Crippen molar-refractivity contribution in [2.24, 2.45) is 11.3 Å². The Morgan fingerprint density at radius 3 is 2.70 bits per heavy atom. The average Bonchev–Trinajstić information content (AvgIpc) is 3.38. The summed E-state index contributed by atoms with van der Waals surface area (Å²) in [5.41, 5.74) is 0.807. The summed E-state index contributed by atoms with van der Waals surface area (Å²) in [6.07, 6.45) is 4.32.